The van der Waals surface area contributed by atoms with Crippen LogP contribution in [-0.4, -0.2) is 4.57 Å². The third-order valence-electron chi connectivity index (χ3n) is 4.36. The van der Waals surface area contributed by atoms with Gasteiger partial charge in [0.1, 0.15) is 0 Å². The SMILES string of the molecule is CCc1cc2c3c(c1)c(=O)oc(=O)n3C(C)(C)C[C@H]2C. The molecule has 106 valence electrons. The summed E-state index contributed by atoms with van der Waals surface area (Å²) in [5.41, 5.74) is 2.09. The number of hydrogen-bond acceptors (Lipinski definition) is 3. The van der Waals surface area contributed by atoms with Crippen molar-refractivity contribution in [2.75, 3.05) is 0 Å². The average Bonchev–Trinajstić information content (AvgIpc) is 2.35. The number of hydrogen-bond donors (Lipinski definition) is 0. The normalized spacial score (nSPS) is 20.3. The van der Waals surface area contributed by atoms with Crippen molar-refractivity contribution < 1.29 is 4.42 Å². The van der Waals surface area contributed by atoms with Crippen molar-refractivity contribution in [3.8, 4) is 0 Å². The van der Waals surface area contributed by atoms with E-state index in [0.29, 0.717) is 11.3 Å². The Hall–Kier alpha value is -1.84. The van der Waals surface area contributed by atoms with Gasteiger partial charge in [-0.05, 0) is 49.8 Å². The molecule has 1 aliphatic rings. The van der Waals surface area contributed by atoms with Crippen LogP contribution in [-0.2, 0) is 12.0 Å². The lowest BCUT2D eigenvalue weighted by Gasteiger charge is -2.37. The fraction of sp³-hybridized carbons (Fsp3) is 0.500. The first-order valence-corrected chi connectivity index (χ1v) is 7.08. The van der Waals surface area contributed by atoms with E-state index >= 15 is 0 Å². The van der Waals surface area contributed by atoms with E-state index in [2.05, 4.69) is 19.9 Å². The lowest BCUT2D eigenvalue weighted by molar-refractivity contribution is 0.256. The van der Waals surface area contributed by atoms with Crippen molar-refractivity contribution in [1.82, 2.24) is 4.57 Å². The van der Waals surface area contributed by atoms with Gasteiger partial charge in [-0.3, -0.25) is 4.57 Å². The minimum Gasteiger partial charge on any atom is -0.372 e. The van der Waals surface area contributed by atoms with E-state index in [0.717, 1.165) is 29.5 Å². The zero-order chi connectivity index (χ0) is 14.7. The van der Waals surface area contributed by atoms with Crippen LogP contribution >= 0.6 is 0 Å². The molecule has 0 amide bonds. The van der Waals surface area contributed by atoms with Crippen molar-refractivity contribution in [2.45, 2.75) is 52.0 Å². The molecule has 20 heavy (non-hydrogen) atoms. The molecule has 0 saturated heterocycles. The highest BCUT2D eigenvalue weighted by Crippen LogP contribution is 2.39. The van der Waals surface area contributed by atoms with Gasteiger partial charge in [-0.25, -0.2) is 9.59 Å². The summed E-state index contributed by atoms with van der Waals surface area (Å²) in [7, 11) is 0. The molecule has 1 atom stereocenters. The summed E-state index contributed by atoms with van der Waals surface area (Å²) in [5.74, 6) is -0.231. The standard InChI is InChI=1S/C16H19NO3/c1-5-10-6-11-9(2)8-16(3,4)17-13(11)12(7-10)14(18)20-15(17)19/h6-7,9H,5,8H2,1-4H3/t9-/m1/s1. The van der Waals surface area contributed by atoms with Gasteiger partial charge in [0, 0.05) is 5.54 Å². The highest BCUT2D eigenvalue weighted by atomic mass is 16.4. The first-order chi connectivity index (χ1) is 9.35. The molecule has 4 heteroatoms. The summed E-state index contributed by atoms with van der Waals surface area (Å²) < 4.78 is 6.57. The van der Waals surface area contributed by atoms with Gasteiger partial charge in [0.15, 0.2) is 0 Å². The summed E-state index contributed by atoms with van der Waals surface area (Å²) in [4.78, 5) is 24.2. The molecule has 0 bridgehead atoms. The van der Waals surface area contributed by atoms with Crippen molar-refractivity contribution in [2.24, 2.45) is 0 Å². The van der Waals surface area contributed by atoms with Gasteiger partial charge >= 0.3 is 11.4 Å². The van der Waals surface area contributed by atoms with Crippen molar-refractivity contribution >= 4 is 10.9 Å². The quantitative estimate of drug-likeness (QED) is 0.802. The summed E-state index contributed by atoms with van der Waals surface area (Å²) in [6.45, 7) is 8.24. The number of nitrogens with zero attached hydrogens (tertiary/aromatic N) is 1. The van der Waals surface area contributed by atoms with Crippen molar-refractivity contribution in [1.29, 1.82) is 0 Å². The highest BCUT2D eigenvalue weighted by molar-refractivity contribution is 5.83. The van der Waals surface area contributed by atoms with E-state index in [4.69, 9.17) is 4.42 Å². The van der Waals surface area contributed by atoms with Crippen LogP contribution in [0.4, 0.5) is 0 Å². The summed E-state index contributed by atoms with van der Waals surface area (Å²) >= 11 is 0. The molecule has 0 unspecified atom stereocenters. The molecule has 2 aromatic rings. The highest BCUT2D eigenvalue weighted by Gasteiger charge is 2.34. The van der Waals surface area contributed by atoms with Gasteiger partial charge < -0.3 is 4.42 Å². The molecule has 0 fully saturated rings. The molecule has 0 spiro atoms. The van der Waals surface area contributed by atoms with Crippen molar-refractivity contribution in [3.05, 3.63) is 44.2 Å². The Kier molecular flexibility index (Phi) is 2.68. The Labute approximate surface area is 117 Å². The molecule has 0 radical (unpaired) electrons. The number of rotatable bonds is 1. The molecule has 4 nitrogen and oxygen atoms in total. The van der Waals surface area contributed by atoms with Gasteiger partial charge in [0.2, 0.25) is 0 Å². The Morgan fingerprint density at radius 1 is 1.35 bits per heavy atom. The number of benzene rings is 1. The lowest BCUT2D eigenvalue weighted by Crippen LogP contribution is -2.42. The predicted molar refractivity (Wildman–Crippen MR) is 78.5 cm³/mol. The Morgan fingerprint density at radius 3 is 2.70 bits per heavy atom. The Morgan fingerprint density at radius 2 is 2.05 bits per heavy atom. The van der Waals surface area contributed by atoms with Crippen LogP contribution < -0.4 is 11.4 Å². The van der Waals surface area contributed by atoms with Crippen LogP contribution in [0, 0.1) is 0 Å². The van der Waals surface area contributed by atoms with Crippen LogP contribution in [0.25, 0.3) is 10.9 Å². The zero-order valence-corrected chi connectivity index (χ0v) is 12.3. The van der Waals surface area contributed by atoms with Crippen LogP contribution in [0.15, 0.2) is 26.1 Å². The van der Waals surface area contributed by atoms with E-state index < -0.39 is 11.4 Å². The van der Waals surface area contributed by atoms with E-state index in [1.807, 2.05) is 19.9 Å². The monoisotopic (exact) mass is 273 g/mol. The molecule has 1 aromatic heterocycles. The van der Waals surface area contributed by atoms with E-state index in [1.54, 1.807) is 4.57 Å². The first kappa shape index (κ1) is 13.2. The first-order valence-electron chi connectivity index (χ1n) is 7.08. The molecule has 1 aliphatic heterocycles. The second kappa shape index (κ2) is 4.08. The molecule has 0 N–H and O–H groups in total. The maximum atomic E-state index is 12.1. The predicted octanol–water partition coefficient (Wildman–Crippen LogP) is 2.76. The van der Waals surface area contributed by atoms with Crippen LogP contribution in [0.3, 0.4) is 0 Å². The molecule has 2 heterocycles. The van der Waals surface area contributed by atoms with Gasteiger partial charge in [0.05, 0.1) is 10.9 Å². The Balaban J connectivity index is 2.60. The minimum absolute atomic E-state index is 0.320. The maximum Gasteiger partial charge on any atom is 0.422 e. The molecule has 1 aromatic carbocycles. The van der Waals surface area contributed by atoms with Gasteiger partial charge in [-0.1, -0.05) is 19.9 Å². The summed E-state index contributed by atoms with van der Waals surface area (Å²) in [6, 6.07) is 3.98. The summed E-state index contributed by atoms with van der Waals surface area (Å²) in [5, 5.41) is 0.526. The zero-order valence-electron chi connectivity index (χ0n) is 12.3. The summed E-state index contributed by atoms with van der Waals surface area (Å²) in [6.07, 6.45) is 1.72. The van der Waals surface area contributed by atoms with E-state index in [1.165, 1.54) is 0 Å². The molecule has 0 saturated carbocycles. The second-order valence-corrected chi connectivity index (χ2v) is 6.34. The lowest BCUT2D eigenvalue weighted by atomic mass is 9.81. The van der Waals surface area contributed by atoms with E-state index in [-0.39, 0.29) is 5.54 Å². The largest absolute Gasteiger partial charge is 0.422 e. The average molecular weight is 273 g/mol. The fourth-order valence-corrected chi connectivity index (χ4v) is 3.48. The molecular weight excluding hydrogens is 254 g/mol. The molecule has 3 rings (SSSR count). The van der Waals surface area contributed by atoms with Crippen LogP contribution in [0.1, 0.15) is 51.2 Å². The maximum absolute atomic E-state index is 12.1. The minimum atomic E-state index is -0.551. The van der Waals surface area contributed by atoms with Crippen molar-refractivity contribution in [3.63, 3.8) is 0 Å². The second-order valence-electron chi connectivity index (χ2n) is 6.34. The molecule has 0 aliphatic carbocycles. The van der Waals surface area contributed by atoms with Crippen LogP contribution in [0.5, 0.6) is 0 Å². The Bertz CT molecular complexity index is 811. The fourth-order valence-electron chi connectivity index (χ4n) is 3.48. The van der Waals surface area contributed by atoms with E-state index in [9.17, 15) is 9.59 Å². The van der Waals surface area contributed by atoms with Gasteiger partial charge in [-0.15, -0.1) is 0 Å². The number of aromatic nitrogens is 1. The third kappa shape index (κ3) is 1.67. The smallest absolute Gasteiger partial charge is 0.372 e. The van der Waals surface area contributed by atoms with Gasteiger partial charge in [0.25, 0.3) is 0 Å². The number of aryl methyl sites for hydroxylation is 1. The third-order valence-corrected chi connectivity index (χ3v) is 4.36. The topological polar surface area (TPSA) is 52.2 Å². The molecular formula is C16H19NO3. The van der Waals surface area contributed by atoms with Crippen LogP contribution in [0.2, 0.25) is 0 Å². The van der Waals surface area contributed by atoms with Gasteiger partial charge in [-0.2, -0.15) is 0 Å².